The highest BCUT2D eigenvalue weighted by Gasteiger charge is 2.05. The lowest BCUT2D eigenvalue weighted by Crippen LogP contribution is -1.97. The summed E-state index contributed by atoms with van der Waals surface area (Å²) in [6, 6.07) is 7.88. The second-order valence-electron chi connectivity index (χ2n) is 3.96. The van der Waals surface area contributed by atoms with Crippen molar-refractivity contribution in [1.82, 2.24) is 10.1 Å². The lowest BCUT2D eigenvalue weighted by Gasteiger charge is -2.02. The van der Waals surface area contributed by atoms with Crippen LogP contribution in [0.2, 0.25) is 0 Å². The second kappa shape index (κ2) is 5.48. The standard InChI is InChI=1S/C13H16N2O2/c1-3-4-13-14-12(15-17-13)9-16-11-7-5-10(2)6-8-11/h5-8H,3-4,9H2,1-2H3. The van der Waals surface area contributed by atoms with Gasteiger partial charge in [0, 0.05) is 6.42 Å². The number of hydrogen-bond acceptors (Lipinski definition) is 4. The molecule has 0 aliphatic heterocycles. The van der Waals surface area contributed by atoms with Gasteiger partial charge in [-0.1, -0.05) is 29.8 Å². The van der Waals surface area contributed by atoms with E-state index in [0.717, 1.165) is 18.6 Å². The Labute approximate surface area is 101 Å². The normalized spacial score (nSPS) is 10.5. The van der Waals surface area contributed by atoms with Gasteiger partial charge >= 0.3 is 0 Å². The summed E-state index contributed by atoms with van der Waals surface area (Å²) in [6.07, 6.45) is 1.82. The van der Waals surface area contributed by atoms with Crippen molar-refractivity contribution >= 4 is 0 Å². The Morgan fingerprint density at radius 1 is 1.24 bits per heavy atom. The van der Waals surface area contributed by atoms with Crippen molar-refractivity contribution in [2.75, 3.05) is 0 Å². The predicted molar refractivity (Wildman–Crippen MR) is 63.8 cm³/mol. The molecule has 1 heterocycles. The van der Waals surface area contributed by atoms with Crippen LogP contribution in [-0.4, -0.2) is 10.1 Å². The number of aromatic nitrogens is 2. The maximum atomic E-state index is 5.55. The molecule has 4 nitrogen and oxygen atoms in total. The highest BCUT2D eigenvalue weighted by atomic mass is 16.5. The lowest BCUT2D eigenvalue weighted by atomic mass is 10.2. The van der Waals surface area contributed by atoms with Gasteiger partial charge in [-0.15, -0.1) is 0 Å². The van der Waals surface area contributed by atoms with E-state index in [4.69, 9.17) is 9.26 Å². The zero-order valence-electron chi connectivity index (χ0n) is 10.1. The highest BCUT2D eigenvalue weighted by Crippen LogP contribution is 2.13. The monoisotopic (exact) mass is 232 g/mol. The third-order valence-corrected chi connectivity index (χ3v) is 2.36. The molecular weight excluding hydrogens is 216 g/mol. The molecule has 0 saturated heterocycles. The van der Waals surface area contributed by atoms with E-state index in [1.807, 2.05) is 31.2 Å². The third-order valence-electron chi connectivity index (χ3n) is 2.36. The van der Waals surface area contributed by atoms with Gasteiger partial charge in [0.2, 0.25) is 11.7 Å². The number of rotatable bonds is 5. The van der Waals surface area contributed by atoms with Crippen LogP contribution in [-0.2, 0) is 13.0 Å². The van der Waals surface area contributed by atoms with Crippen LogP contribution in [0.5, 0.6) is 5.75 Å². The molecule has 17 heavy (non-hydrogen) atoms. The summed E-state index contributed by atoms with van der Waals surface area (Å²) >= 11 is 0. The largest absolute Gasteiger partial charge is 0.485 e. The van der Waals surface area contributed by atoms with Crippen molar-refractivity contribution in [1.29, 1.82) is 0 Å². The Morgan fingerprint density at radius 2 is 2.00 bits per heavy atom. The summed E-state index contributed by atoms with van der Waals surface area (Å²) in [5.74, 6) is 2.08. The number of ether oxygens (including phenoxy) is 1. The van der Waals surface area contributed by atoms with Crippen LogP contribution in [0.3, 0.4) is 0 Å². The average molecular weight is 232 g/mol. The van der Waals surface area contributed by atoms with Crippen LogP contribution in [0.1, 0.15) is 30.6 Å². The number of hydrogen-bond donors (Lipinski definition) is 0. The zero-order chi connectivity index (χ0) is 12.1. The van der Waals surface area contributed by atoms with Gasteiger partial charge in [0.1, 0.15) is 5.75 Å². The quantitative estimate of drug-likeness (QED) is 0.795. The fraction of sp³-hybridized carbons (Fsp3) is 0.385. The summed E-state index contributed by atoms with van der Waals surface area (Å²) < 4.78 is 10.6. The van der Waals surface area contributed by atoms with Gasteiger partial charge in [-0.2, -0.15) is 4.98 Å². The first-order valence-electron chi connectivity index (χ1n) is 5.79. The maximum absolute atomic E-state index is 5.55. The molecule has 0 unspecified atom stereocenters. The molecule has 1 aromatic heterocycles. The minimum atomic E-state index is 0.344. The molecule has 2 aromatic rings. The van der Waals surface area contributed by atoms with Gasteiger partial charge in [-0.3, -0.25) is 0 Å². The Morgan fingerprint density at radius 3 is 2.71 bits per heavy atom. The van der Waals surface area contributed by atoms with Crippen molar-refractivity contribution < 1.29 is 9.26 Å². The van der Waals surface area contributed by atoms with Crippen LogP contribution in [0.4, 0.5) is 0 Å². The summed E-state index contributed by atoms with van der Waals surface area (Å²) in [4.78, 5) is 4.23. The predicted octanol–water partition coefficient (Wildman–Crippen LogP) is 2.91. The molecule has 0 bridgehead atoms. The molecule has 0 spiro atoms. The Hall–Kier alpha value is -1.84. The fourth-order valence-electron chi connectivity index (χ4n) is 1.45. The van der Waals surface area contributed by atoms with Crippen molar-refractivity contribution in [2.24, 2.45) is 0 Å². The minimum absolute atomic E-state index is 0.344. The van der Waals surface area contributed by atoms with Crippen molar-refractivity contribution in [3.05, 3.63) is 41.5 Å². The van der Waals surface area contributed by atoms with E-state index < -0.39 is 0 Å². The third kappa shape index (κ3) is 3.31. The summed E-state index contributed by atoms with van der Waals surface area (Å²) in [5.41, 5.74) is 1.21. The molecule has 0 radical (unpaired) electrons. The molecule has 0 aliphatic rings. The molecule has 0 atom stereocenters. The number of aryl methyl sites for hydroxylation is 2. The summed E-state index contributed by atoms with van der Waals surface area (Å²) in [5, 5.41) is 3.86. The van der Waals surface area contributed by atoms with E-state index in [1.165, 1.54) is 5.56 Å². The van der Waals surface area contributed by atoms with Gasteiger partial charge in [0.05, 0.1) is 0 Å². The molecule has 0 saturated carbocycles. The van der Waals surface area contributed by atoms with Crippen LogP contribution in [0, 0.1) is 6.92 Å². The zero-order valence-corrected chi connectivity index (χ0v) is 10.1. The Kier molecular flexibility index (Phi) is 3.75. The van der Waals surface area contributed by atoms with Crippen molar-refractivity contribution in [3.63, 3.8) is 0 Å². The molecule has 2 rings (SSSR count). The van der Waals surface area contributed by atoms with Gasteiger partial charge in [0.25, 0.3) is 0 Å². The Bertz CT molecular complexity index is 463. The van der Waals surface area contributed by atoms with Crippen molar-refractivity contribution in [3.8, 4) is 5.75 Å². The van der Waals surface area contributed by atoms with Crippen LogP contribution in [0.15, 0.2) is 28.8 Å². The summed E-state index contributed by atoms with van der Waals surface area (Å²) in [6.45, 7) is 4.46. The molecule has 0 fully saturated rings. The first-order chi connectivity index (χ1) is 8.28. The molecular formula is C13H16N2O2. The summed E-state index contributed by atoms with van der Waals surface area (Å²) in [7, 11) is 0. The minimum Gasteiger partial charge on any atom is -0.485 e. The fourth-order valence-corrected chi connectivity index (χ4v) is 1.45. The molecule has 4 heteroatoms. The van der Waals surface area contributed by atoms with Crippen molar-refractivity contribution in [2.45, 2.75) is 33.3 Å². The van der Waals surface area contributed by atoms with Crippen LogP contribution >= 0.6 is 0 Å². The number of nitrogens with zero attached hydrogens (tertiary/aromatic N) is 2. The highest BCUT2D eigenvalue weighted by molar-refractivity contribution is 5.26. The second-order valence-corrected chi connectivity index (χ2v) is 3.96. The first kappa shape index (κ1) is 11.6. The van der Waals surface area contributed by atoms with Gasteiger partial charge in [-0.25, -0.2) is 0 Å². The first-order valence-corrected chi connectivity index (χ1v) is 5.79. The average Bonchev–Trinajstić information content (AvgIpc) is 2.77. The SMILES string of the molecule is CCCc1nc(COc2ccc(C)cc2)no1. The van der Waals surface area contributed by atoms with Gasteiger partial charge in [0.15, 0.2) is 6.61 Å². The molecule has 90 valence electrons. The molecule has 1 aromatic carbocycles. The van der Waals surface area contributed by atoms with Gasteiger partial charge in [-0.05, 0) is 25.5 Å². The molecule has 0 aliphatic carbocycles. The van der Waals surface area contributed by atoms with Gasteiger partial charge < -0.3 is 9.26 Å². The van der Waals surface area contributed by atoms with E-state index in [0.29, 0.717) is 18.3 Å². The van der Waals surface area contributed by atoms with Crippen LogP contribution < -0.4 is 4.74 Å². The van der Waals surface area contributed by atoms with E-state index in [1.54, 1.807) is 0 Å². The van der Waals surface area contributed by atoms with Crippen LogP contribution in [0.25, 0.3) is 0 Å². The van der Waals surface area contributed by atoms with E-state index in [-0.39, 0.29) is 0 Å². The smallest absolute Gasteiger partial charge is 0.226 e. The van der Waals surface area contributed by atoms with E-state index in [9.17, 15) is 0 Å². The van der Waals surface area contributed by atoms with E-state index in [2.05, 4.69) is 17.1 Å². The van der Waals surface area contributed by atoms with E-state index >= 15 is 0 Å². The lowest BCUT2D eigenvalue weighted by molar-refractivity contribution is 0.285. The number of benzene rings is 1. The maximum Gasteiger partial charge on any atom is 0.226 e. The Balaban J connectivity index is 1.90. The topological polar surface area (TPSA) is 48.2 Å². The molecule has 0 amide bonds. The molecule has 0 N–H and O–H groups in total.